The Morgan fingerprint density at radius 3 is 2.81 bits per heavy atom. The van der Waals surface area contributed by atoms with Gasteiger partial charge in [0.15, 0.2) is 17.1 Å². The number of nitrogens with one attached hydrogen (secondary N) is 1. The molecule has 5 aromatic heterocycles. The molecule has 0 aliphatic heterocycles. The van der Waals surface area contributed by atoms with Crippen molar-refractivity contribution < 1.29 is 14.4 Å². The maximum absolute atomic E-state index is 12.0. The number of pyridine rings is 1. The van der Waals surface area contributed by atoms with E-state index in [0.717, 1.165) is 18.5 Å². The first-order valence-corrected chi connectivity index (χ1v) is 10.1. The van der Waals surface area contributed by atoms with Gasteiger partial charge in [-0.05, 0) is 37.1 Å². The molecule has 1 aliphatic carbocycles. The highest BCUT2D eigenvalue weighted by molar-refractivity contribution is 5.93. The molecule has 0 radical (unpaired) electrons. The Hall–Kier alpha value is -4.19. The van der Waals surface area contributed by atoms with Crippen molar-refractivity contribution in [1.29, 1.82) is 0 Å². The van der Waals surface area contributed by atoms with Gasteiger partial charge in [0.05, 0.1) is 18.3 Å². The summed E-state index contributed by atoms with van der Waals surface area (Å²) < 4.78 is 8.45. The molecule has 6 rings (SSSR count). The van der Waals surface area contributed by atoms with E-state index in [-0.39, 0.29) is 24.3 Å². The maximum Gasteiger partial charge on any atom is 0.252 e. The Balaban J connectivity index is 1.28. The van der Waals surface area contributed by atoms with Gasteiger partial charge in [-0.25, -0.2) is 9.50 Å². The van der Waals surface area contributed by atoms with Crippen molar-refractivity contribution in [2.24, 2.45) is 5.92 Å². The van der Waals surface area contributed by atoms with Crippen LogP contribution in [-0.4, -0.2) is 50.4 Å². The van der Waals surface area contributed by atoms with Crippen LogP contribution < -0.4 is 5.32 Å². The molecule has 1 fully saturated rings. The number of rotatable bonds is 6. The minimum atomic E-state index is -0.318. The zero-order valence-electron chi connectivity index (χ0n) is 16.7. The predicted molar refractivity (Wildman–Crippen MR) is 109 cm³/mol. The van der Waals surface area contributed by atoms with Crippen LogP contribution in [0.5, 0.6) is 0 Å². The summed E-state index contributed by atoms with van der Waals surface area (Å²) in [7, 11) is 0. The summed E-state index contributed by atoms with van der Waals surface area (Å²) in [6.45, 7) is -0.318. The van der Waals surface area contributed by atoms with Crippen molar-refractivity contribution in [2.45, 2.75) is 25.9 Å². The van der Waals surface area contributed by atoms with E-state index in [1.54, 1.807) is 10.7 Å². The fraction of sp³-hybridized carbons (Fsp3) is 0.250. The fourth-order valence-electron chi connectivity index (χ4n) is 3.44. The van der Waals surface area contributed by atoms with Crippen molar-refractivity contribution in [1.82, 2.24) is 39.3 Å². The average Bonchev–Trinajstić information content (AvgIpc) is 3.23. The molecule has 0 atom stereocenters. The monoisotopic (exact) mass is 431 g/mol. The fourth-order valence-corrected chi connectivity index (χ4v) is 3.44. The number of aliphatic hydroxyl groups excluding tert-OH is 1. The number of aromatic nitrogens is 8. The normalized spacial score (nSPS) is 13.8. The van der Waals surface area contributed by atoms with Crippen LogP contribution in [0.4, 0.5) is 5.82 Å². The molecule has 5 aromatic rings. The third kappa shape index (κ3) is 3.36. The lowest BCUT2D eigenvalue weighted by molar-refractivity contribution is -0.117. The Morgan fingerprint density at radius 2 is 2.00 bits per heavy atom. The summed E-state index contributed by atoms with van der Waals surface area (Å²) in [5.41, 5.74) is 2.78. The van der Waals surface area contributed by atoms with Gasteiger partial charge in [-0.15, -0.1) is 10.2 Å². The molecule has 1 aliphatic rings. The first-order chi connectivity index (χ1) is 15.7. The van der Waals surface area contributed by atoms with Crippen LogP contribution in [0.15, 0.2) is 41.2 Å². The van der Waals surface area contributed by atoms with E-state index in [1.807, 2.05) is 34.9 Å². The van der Waals surface area contributed by atoms with E-state index in [9.17, 15) is 4.79 Å². The summed E-state index contributed by atoms with van der Waals surface area (Å²) in [4.78, 5) is 20.5. The van der Waals surface area contributed by atoms with Gasteiger partial charge in [0.2, 0.25) is 11.7 Å². The number of carbonyl (C=O) groups excluding carboxylic acids is 1. The molecule has 12 nitrogen and oxygen atoms in total. The number of hydrogen-bond acceptors (Lipinski definition) is 9. The van der Waals surface area contributed by atoms with Crippen LogP contribution >= 0.6 is 0 Å². The van der Waals surface area contributed by atoms with Gasteiger partial charge in [-0.2, -0.15) is 10.1 Å². The van der Waals surface area contributed by atoms with Crippen LogP contribution in [0.2, 0.25) is 0 Å². The smallest absolute Gasteiger partial charge is 0.252 e. The molecule has 0 unspecified atom stereocenters. The van der Waals surface area contributed by atoms with Gasteiger partial charge >= 0.3 is 0 Å². The third-order valence-electron chi connectivity index (χ3n) is 5.25. The second-order valence-electron chi connectivity index (χ2n) is 7.63. The van der Waals surface area contributed by atoms with E-state index in [4.69, 9.17) is 9.63 Å². The maximum atomic E-state index is 12.0. The summed E-state index contributed by atoms with van der Waals surface area (Å²) in [6, 6.07) is 7.33. The Morgan fingerprint density at radius 1 is 1.12 bits per heavy atom. The highest BCUT2D eigenvalue weighted by Gasteiger charge is 2.30. The van der Waals surface area contributed by atoms with Crippen molar-refractivity contribution in [3.63, 3.8) is 0 Å². The minimum Gasteiger partial charge on any atom is -0.387 e. The molecule has 12 heteroatoms. The SMILES string of the molecule is O=C(Nc1cn2nc(Cc3nnc4ccc(-c5noc(CO)n5)cn34)ccc2n1)C1CC1. The minimum absolute atomic E-state index is 0.00655. The van der Waals surface area contributed by atoms with Crippen LogP contribution in [0.25, 0.3) is 22.7 Å². The molecule has 5 heterocycles. The van der Waals surface area contributed by atoms with Crippen molar-refractivity contribution in [2.75, 3.05) is 5.32 Å². The van der Waals surface area contributed by atoms with Crippen molar-refractivity contribution in [3.8, 4) is 11.4 Å². The number of carbonyl (C=O) groups is 1. The summed E-state index contributed by atoms with van der Waals surface area (Å²) in [6.07, 6.45) is 5.82. The topological polar surface area (TPSA) is 149 Å². The number of aliphatic hydroxyl groups is 1. The van der Waals surface area contributed by atoms with Gasteiger partial charge in [0, 0.05) is 17.7 Å². The van der Waals surface area contributed by atoms with Crippen molar-refractivity contribution in [3.05, 3.63) is 54.1 Å². The van der Waals surface area contributed by atoms with Gasteiger partial charge in [0.1, 0.15) is 12.4 Å². The van der Waals surface area contributed by atoms with E-state index in [2.05, 4.69) is 35.7 Å². The highest BCUT2D eigenvalue weighted by Crippen LogP contribution is 2.30. The second-order valence-corrected chi connectivity index (χ2v) is 7.63. The van der Waals surface area contributed by atoms with Crippen LogP contribution in [-0.2, 0) is 17.8 Å². The molecule has 0 aromatic carbocycles. The molecule has 0 saturated heterocycles. The molecule has 1 saturated carbocycles. The average molecular weight is 431 g/mol. The van der Waals surface area contributed by atoms with Crippen LogP contribution in [0.3, 0.4) is 0 Å². The second kappa shape index (κ2) is 7.20. The third-order valence-corrected chi connectivity index (χ3v) is 5.25. The van der Waals surface area contributed by atoms with Gasteiger partial charge in [-0.1, -0.05) is 5.16 Å². The highest BCUT2D eigenvalue weighted by atomic mass is 16.5. The number of hydrogen-bond donors (Lipinski definition) is 2. The largest absolute Gasteiger partial charge is 0.387 e. The number of anilines is 1. The Labute approximate surface area is 179 Å². The van der Waals surface area contributed by atoms with E-state index in [0.29, 0.717) is 40.7 Å². The van der Waals surface area contributed by atoms with E-state index in [1.165, 1.54) is 0 Å². The molecule has 1 amide bonds. The number of nitrogens with zero attached hydrogens (tertiary/aromatic N) is 8. The standard InChI is InChI=1S/C20H17N9O3/c30-10-18-23-19(27-32-18)12-3-5-16-24-25-17(28(16)8-12)7-13-4-6-15-21-14(9-29(15)26-13)22-20(31)11-1-2-11/h3-6,8-9,11,30H,1-2,7,10H2,(H,22,31). The Kier molecular flexibility index (Phi) is 4.18. The lowest BCUT2D eigenvalue weighted by Gasteiger charge is -2.02. The lowest BCUT2D eigenvalue weighted by atomic mass is 10.2. The van der Waals surface area contributed by atoms with Crippen LogP contribution in [0, 0.1) is 5.92 Å². The quantitative estimate of drug-likeness (QED) is 0.405. The van der Waals surface area contributed by atoms with Gasteiger partial charge < -0.3 is 14.9 Å². The molecule has 160 valence electrons. The molecular weight excluding hydrogens is 414 g/mol. The molecule has 0 spiro atoms. The number of imidazole rings is 1. The van der Waals surface area contributed by atoms with Gasteiger partial charge in [0.25, 0.3) is 5.89 Å². The predicted octanol–water partition coefficient (Wildman–Crippen LogP) is 1.25. The Bertz CT molecular complexity index is 1460. The molecular formula is C20H17N9O3. The zero-order chi connectivity index (χ0) is 21.7. The molecule has 0 bridgehead atoms. The molecule has 32 heavy (non-hydrogen) atoms. The lowest BCUT2D eigenvalue weighted by Crippen LogP contribution is -2.13. The summed E-state index contributed by atoms with van der Waals surface area (Å²) in [5, 5.41) is 28.9. The van der Waals surface area contributed by atoms with Gasteiger partial charge in [-0.3, -0.25) is 9.20 Å². The summed E-state index contributed by atoms with van der Waals surface area (Å²) >= 11 is 0. The molecule has 2 N–H and O–H groups in total. The van der Waals surface area contributed by atoms with Crippen molar-refractivity contribution >= 4 is 23.0 Å². The van der Waals surface area contributed by atoms with E-state index < -0.39 is 0 Å². The number of amides is 1. The van der Waals surface area contributed by atoms with Crippen LogP contribution in [0.1, 0.15) is 30.3 Å². The first kappa shape index (κ1) is 18.6. The zero-order valence-corrected chi connectivity index (χ0v) is 16.7. The van der Waals surface area contributed by atoms with E-state index >= 15 is 0 Å². The number of fused-ring (bicyclic) bond motifs is 2. The first-order valence-electron chi connectivity index (χ1n) is 10.1. The summed E-state index contributed by atoms with van der Waals surface area (Å²) in [5.74, 6) is 1.81.